The highest BCUT2D eigenvalue weighted by Gasteiger charge is 2.14. The first-order valence-electron chi connectivity index (χ1n) is 4.76. The summed E-state index contributed by atoms with van der Waals surface area (Å²) in [5.74, 6) is 0.893. The van der Waals surface area contributed by atoms with E-state index < -0.39 is 0 Å². The monoisotopic (exact) mass is 206 g/mol. The van der Waals surface area contributed by atoms with E-state index in [0.717, 1.165) is 0 Å². The molecule has 2 rings (SSSR count). The number of hydrogen-bond acceptors (Lipinski definition) is 4. The molecule has 15 heavy (non-hydrogen) atoms. The highest BCUT2D eigenvalue weighted by Crippen LogP contribution is 2.18. The summed E-state index contributed by atoms with van der Waals surface area (Å²) in [6.07, 6.45) is 0. The number of nitrogens with two attached hydrogens (primary N) is 1. The molecule has 0 saturated carbocycles. The molecule has 0 unspecified atom stereocenters. The molecule has 2 N–H and O–H groups in total. The number of nitrogens with zero attached hydrogens (tertiary/aromatic N) is 3. The van der Waals surface area contributed by atoms with Gasteiger partial charge in [-0.1, -0.05) is 6.07 Å². The van der Waals surface area contributed by atoms with Gasteiger partial charge in [0.2, 0.25) is 11.8 Å². The van der Waals surface area contributed by atoms with Crippen LogP contribution in [0, 0.1) is 0 Å². The normalized spacial score (nSPS) is 11.9. The van der Waals surface area contributed by atoms with Crippen LogP contribution in [-0.2, 0) is 0 Å². The first-order valence-corrected chi connectivity index (χ1v) is 4.76. The maximum Gasteiger partial charge on any atom is 0.240 e. The molecule has 2 aromatic rings. The van der Waals surface area contributed by atoms with Gasteiger partial charge in [-0.05, 0) is 26.8 Å². The number of hydrogen-bond donors (Lipinski definition) is 1. The van der Waals surface area contributed by atoms with Crippen LogP contribution in [-0.4, -0.2) is 20.2 Å². The molecule has 0 spiro atoms. The summed E-state index contributed by atoms with van der Waals surface area (Å²) in [5, 5.41) is 4.06. The minimum atomic E-state index is -0.269. The highest BCUT2D eigenvalue weighted by molar-refractivity contribution is 5.44. The molecule has 0 saturated heterocycles. The van der Waals surface area contributed by atoms with Crippen molar-refractivity contribution in [1.82, 2.24) is 14.6 Å². The molecule has 0 atom stereocenters. The predicted octanol–water partition coefficient (Wildman–Crippen LogP) is 1.49. The average molecular weight is 206 g/mol. The summed E-state index contributed by atoms with van der Waals surface area (Å²) >= 11 is 0. The molecule has 0 aliphatic rings. The maximum atomic E-state index is 5.73. The fourth-order valence-corrected chi connectivity index (χ4v) is 1.29. The van der Waals surface area contributed by atoms with Crippen molar-refractivity contribution in [1.29, 1.82) is 0 Å². The van der Waals surface area contributed by atoms with Crippen molar-refractivity contribution in [2.45, 2.75) is 26.4 Å². The van der Waals surface area contributed by atoms with Crippen molar-refractivity contribution in [3.8, 4) is 5.88 Å². The molecule has 2 heterocycles. The Kier molecular flexibility index (Phi) is 2.03. The highest BCUT2D eigenvalue weighted by atomic mass is 16.5. The van der Waals surface area contributed by atoms with Crippen molar-refractivity contribution >= 4 is 11.6 Å². The van der Waals surface area contributed by atoms with Crippen molar-refractivity contribution < 1.29 is 4.74 Å². The minimum absolute atomic E-state index is 0.250. The molecule has 0 fully saturated rings. The Labute approximate surface area is 87.9 Å². The molecule has 5 nitrogen and oxygen atoms in total. The van der Waals surface area contributed by atoms with Crippen molar-refractivity contribution in [3.63, 3.8) is 0 Å². The number of rotatable bonds is 1. The van der Waals surface area contributed by atoms with Gasteiger partial charge in [-0.25, -0.2) is 0 Å². The molecule has 0 amide bonds. The topological polar surface area (TPSA) is 65.4 Å². The Morgan fingerprint density at radius 2 is 2.07 bits per heavy atom. The second-order valence-electron chi connectivity index (χ2n) is 4.32. The van der Waals surface area contributed by atoms with E-state index >= 15 is 0 Å². The van der Waals surface area contributed by atoms with E-state index in [4.69, 9.17) is 10.5 Å². The number of pyridine rings is 1. The molecule has 0 bridgehead atoms. The van der Waals surface area contributed by atoms with Crippen LogP contribution in [0.5, 0.6) is 5.88 Å². The van der Waals surface area contributed by atoms with Gasteiger partial charge in [-0.2, -0.15) is 9.50 Å². The SMILES string of the molecule is CC(C)(C)Oc1cccc2nc(N)nn12. The van der Waals surface area contributed by atoms with Gasteiger partial charge in [-0.3, -0.25) is 0 Å². The fraction of sp³-hybridized carbons (Fsp3) is 0.400. The molecule has 2 aromatic heterocycles. The Balaban J connectivity index is 2.51. The third kappa shape index (κ3) is 2.01. The first kappa shape index (κ1) is 9.76. The van der Waals surface area contributed by atoms with Gasteiger partial charge < -0.3 is 10.5 Å². The first-order chi connectivity index (χ1) is 6.96. The lowest BCUT2D eigenvalue weighted by Crippen LogP contribution is -2.24. The van der Waals surface area contributed by atoms with Crippen LogP contribution < -0.4 is 10.5 Å². The Hall–Kier alpha value is -1.78. The number of fused-ring (bicyclic) bond motifs is 1. The maximum absolute atomic E-state index is 5.73. The van der Waals surface area contributed by atoms with Crippen LogP contribution >= 0.6 is 0 Å². The summed E-state index contributed by atoms with van der Waals surface area (Å²) in [5.41, 5.74) is 5.94. The Morgan fingerprint density at radius 1 is 1.33 bits per heavy atom. The molecule has 0 aliphatic carbocycles. The third-order valence-corrected chi connectivity index (χ3v) is 1.75. The number of aromatic nitrogens is 3. The summed E-state index contributed by atoms with van der Waals surface area (Å²) in [6, 6.07) is 5.54. The van der Waals surface area contributed by atoms with Crippen LogP contribution in [0.2, 0.25) is 0 Å². The lowest BCUT2D eigenvalue weighted by atomic mass is 10.2. The third-order valence-electron chi connectivity index (χ3n) is 1.75. The van der Waals surface area contributed by atoms with E-state index in [0.29, 0.717) is 11.5 Å². The van der Waals surface area contributed by atoms with Gasteiger partial charge in [0.05, 0.1) is 0 Å². The van der Waals surface area contributed by atoms with Gasteiger partial charge >= 0.3 is 0 Å². The van der Waals surface area contributed by atoms with E-state index in [1.165, 1.54) is 0 Å². The molecular weight excluding hydrogens is 192 g/mol. The van der Waals surface area contributed by atoms with Gasteiger partial charge in [0.15, 0.2) is 5.65 Å². The Morgan fingerprint density at radius 3 is 2.73 bits per heavy atom. The second kappa shape index (κ2) is 3.12. The molecule has 0 aromatic carbocycles. The van der Waals surface area contributed by atoms with Crippen LogP contribution in [0.1, 0.15) is 20.8 Å². The summed E-state index contributed by atoms with van der Waals surface area (Å²) in [7, 11) is 0. The predicted molar refractivity (Wildman–Crippen MR) is 57.8 cm³/mol. The smallest absolute Gasteiger partial charge is 0.240 e. The van der Waals surface area contributed by atoms with E-state index in [-0.39, 0.29) is 11.5 Å². The summed E-state index contributed by atoms with van der Waals surface area (Å²) in [4.78, 5) is 4.05. The number of nitrogen functional groups attached to an aromatic ring is 1. The zero-order valence-electron chi connectivity index (χ0n) is 9.06. The Bertz CT molecular complexity index is 484. The molecular formula is C10H14N4O. The molecule has 0 aliphatic heterocycles. The van der Waals surface area contributed by atoms with Gasteiger partial charge in [0.25, 0.3) is 0 Å². The van der Waals surface area contributed by atoms with Crippen LogP contribution in [0.3, 0.4) is 0 Å². The standard InChI is InChI=1S/C10H14N4O/c1-10(2,3)15-8-6-4-5-7-12-9(11)13-14(7)8/h4-6H,1-3H3,(H2,11,13). The lowest BCUT2D eigenvalue weighted by Gasteiger charge is -2.21. The van der Waals surface area contributed by atoms with Crippen LogP contribution in [0.15, 0.2) is 18.2 Å². The van der Waals surface area contributed by atoms with Crippen LogP contribution in [0.25, 0.3) is 5.65 Å². The minimum Gasteiger partial charge on any atom is -0.472 e. The van der Waals surface area contributed by atoms with Crippen LogP contribution in [0.4, 0.5) is 5.95 Å². The van der Waals surface area contributed by atoms with Crippen molar-refractivity contribution in [3.05, 3.63) is 18.2 Å². The molecule has 5 heteroatoms. The van der Waals surface area contributed by atoms with E-state index in [1.54, 1.807) is 4.52 Å². The second-order valence-corrected chi connectivity index (χ2v) is 4.32. The zero-order chi connectivity index (χ0) is 11.1. The number of ether oxygens (including phenoxy) is 1. The van der Waals surface area contributed by atoms with E-state index in [2.05, 4.69) is 10.1 Å². The van der Waals surface area contributed by atoms with Crippen molar-refractivity contribution in [2.75, 3.05) is 5.73 Å². The van der Waals surface area contributed by atoms with Gasteiger partial charge in [0.1, 0.15) is 5.60 Å². The van der Waals surface area contributed by atoms with Gasteiger partial charge in [-0.15, -0.1) is 5.10 Å². The van der Waals surface area contributed by atoms with Crippen molar-refractivity contribution in [2.24, 2.45) is 0 Å². The number of anilines is 1. The lowest BCUT2D eigenvalue weighted by molar-refractivity contribution is 0.120. The zero-order valence-corrected chi connectivity index (χ0v) is 9.06. The molecule has 0 radical (unpaired) electrons. The quantitative estimate of drug-likeness (QED) is 0.767. The summed E-state index contributed by atoms with van der Waals surface area (Å²) in [6.45, 7) is 5.93. The van der Waals surface area contributed by atoms with E-state index in [1.807, 2.05) is 39.0 Å². The largest absolute Gasteiger partial charge is 0.472 e. The fourth-order valence-electron chi connectivity index (χ4n) is 1.29. The van der Waals surface area contributed by atoms with Gasteiger partial charge in [0, 0.05) is 6.07 Å². The molecule has 80 valence electrons. The summed E-state index contributed by atoms with van der Waals surface area (Å²) < 4.78 is 7.33. The van der Waals surface area contributed by atoms with E-state index in [9.17, 15) is 0 Å². The average Bonchev–Trinajstić information content (AvgIpc) is 2.43.